The Labute approximate surface area is 85.5 Å². The molecule has 0 aromatic rings. The van der Waals surface area contributed by atoms with Gasteiger partial charge in [-0.1, -0.05) is 0 Å². The number of nitrogens with zero attached hydrogens (tertiary/aromatic N) is 2. The third-order valence-corrected chi connectivity index (χ3v) is 0.298. The van der Waals surface area contributed by atoms with E-state index in [1.807, 2.05) is 0 Å². The predicted molar refractivity (Wildman–Crippen MR) is 50.5 cm³/mol. The summed E-state index contributed by atoms with van der Waals surface area (Å²) < 4.78 is 34.1. The lowest BCUT2D eigenvalue weighted by molar-refractivity contribution is 0.352. The number of guanidine groups is 2. The van der Waals surface area contributed by atoms with Gasteiger partial charge < -0.3 is 43.7 Å². The van der Waals surface area contributed by atoms with E-state index >= 15 is 0 Å². The van der Waals surface area contributed by atoms with Gasteiger partial charge in [0.15, 0.2) is 0 Å². The summed E-state index contributed by atoms with van der Waals surface area (Å²) in [6.07, 6.45) is 0. The smallest absolute Gasteiger partial charge is 0.208 e. The molecular formula is C2H12N8O4S-2. The minimum Gasteiger partial charge on any atom is -0.759 e. The SMILES string of the molecule is NN=C(N)N.NN=C(N)N.O=S(=O)([O-])[O-]. The number of hydrazone groups is 2. The van der Waals surface area contributed by atoms with Gasteiger partial charge >= 0.3 is 0 Å². The predicted octanol–water partition coefficient (Wildman–Crippen LogP) is -5.07. The van der Waals surface area contributed by atoms with Crippen molar-refractivity contribution in [2.24, 2.45) is 44.8 Å². The van der Waals surface area contributed by atoms with Gasteiger partial charge in [-0.25, -0.2) is 0 Å². The van der Waals surface area contributed by atoms with Gasteiger partial charge in [-0.2, -0.15) is 0 Å². The van der Waals surface area contributed by atoms with E-state index in [-0.39, 0.29) is 11.9 Å². The van der Waals surface area contributed by atoms with Crippen molar-refractivity contribution in [2.75, 3.05) is 0 Å². The van der Waals surface area contributed by atoms with Gasteiger partial charge in [0, 0.05) is 10.4 Å². The zero-order valence-electron chi connectivity index (χ0n) is 7.40. The van der Waals surface area contributed by atoms with Crippen molar-refractivity contribution in [2.45, 2.75) is 0 Å². The fourth-order valence-electron chi connectivity index (χ4n) is 0. The van der Waals surface area contributed by atoms with Crippen LogP contribution in [0.1, 0.15) is 0 Å². The maximum absolute atomic E-state index is 8.52. The van der Waals surface area contributed by atoms with Crippen molar-refractivity contribution >= 4 is 22.3 Å². The molecule has 0 radical (unpaired) electrons. The molecule has 0 unspecified atom stereocenters. The van der Waals surface area contributed by atoms with Gasteiger partial charge in [0.2, 0.25) is 11.9 Å². The molecule has 92 valence electrons. The molecule has 0 aromatic carbocycles. The molecule has 0 aliphatic rings. The maximum Gasteiger partial charge on any atom is 0.208 e. The third-order valence-electron chi connectivity index (χ3n) is 0.298. The van der Waals surface area contributed by atoms with Crippen molar-refractivity contribution in [1.82, 2.24) is 0 Å². The summed E-state index contributed by atoms with van der Waals surface area (Å²) in [5, 5.41) is 5.72. The first-order valence-electron chi connectivity index (χ1n) is 2.78. The first kappa shape index (κ1) is 18.7. The second kappa shape index (κ2) is 10.1. The molecule has 0 heterocycles. The largest absolute Gasteiger partial charge is 0.759 e. The Bertz CT molecular complexity index is 262. The zero-order valence-corrected chi connectivity index (χ0v) is 8.22. The minimum absolute atomic E-state index is 0.0926. The molecule has 0 spiro atoms. The normalized spacial score (nSPS) is 8.13. The molecule has 0 saturated carbocycles. The van der Waals surface area contributed by atoms with Crippen molar-refractivity contribution < 1.29 is 17.5 Å². The monoisotopic (exact) mass is 244 g/mol. The van der Waals surface area contributed by atoms with Gasteiger partial charge in [-0.15, -0.1) is 10.2 Å². The number of nitrogens with two attached hydrogens (primary N) is 6. The van der Waals surface area contributed by atoms with E-state index < -0.39 is 10.4 Å². The Kier molecular flexibility index (Phi) is 12.6. The van der Waals surface area contributed by atoms with Gasteiger partial charge in [-0.05, 0) is 0 Å². The van der Waals surface area contributed by atoms with Crippen LogP contribution >= 0.6 is 0 Å². The summed E-state index contributed by atoms with van der Waals surface area (Å²) in [5.41, 5.74) is 18.8. The Balaban J connectivity index is -0.000000144. The van der Waals surface area contributed by atoms with Gasteiger partial charge in [-0.3, -0.25) is 8.42 Å². The molecule has 0 bridgehead atoms. The lowest BCUT2D eigenvalue weighted by Gasteiger charge is -2.06. The van der Waals surface area contributed by atoms with E-state index in [9.17, 15) is 0 Å². The molecule has 0 amide bonds. The van der Waals surface area contributed by atoms with Crippen LogP contribution in [0.15, 0.2) is 10.2 Å². The van der Waals surface area contributed by atoms with E-state index in [1.165, 1.54) is 0 Å². The number of rotatable bonds is 0. The zero-order chi connectivity index (χ0) is 13.1. The van der Waals surface area contributed by atoms with Crippen molar-refractivity contribution in [1.29, 1.82) is 0 Å². The molecule has 0 atom stereocenters. The molecule has 13 heteroatoms. The van der Waals surface area contributed by atoms with Crippen LogP contribution < -0.4 is 34.6 Å². The highest BCUT2D eigenvalue weighted by Gasteiger charge is 1.62. The van der Waals surface area contributed by atoms with Crippen molar-refractivity contribution in [3.63, 3.8) is 0 Å². The number of hydrogen-bond donors (Lipinski definition) is 6. The number of hydrogen-bond acceptors (Lipinski definition) is 8. The van der Waals surface area contributed by atoms with E-state index in [1.54, 1.807) is 0 Å². The molecule has 15 heavy (non-hydrogen) atoms. The van der Waals surface area contributed by atoms with Crippen molar-refractivity contribution in [3.8, 4) is 0 Å². The molecule has 12 nitrogen and oxygen atoms in total. The van der Waals surface area contributed by atoms with Crippen LogP contribution in [0.25, 0.3) is 0 Å². The van der Waals surface area contributed by atoms with Gasteiger partial charge in [0.05, 0.1) is 0 Å². The van der Waals surface area contributed by atoms with Crippen LogP contribution in [-0.4, -0.2) is 29.4 Å². The average Bonchev–Trinajstić information content (AvgIpc) is 2.02. The molecule has 0 fully saturated rings. The molecule has 0 rings (SSSR count). The minimum atomic E-state index is -5.17. The van der Waals surface area contributed by atoms with Crippen molar-refractivity contribution in [3.05, 3.63) is 0 Å². The first-order valence-corrected chi connectivity index (χ1v) is 4.12. The summed E-state index contributed by atoms with van der Waals surface area (Å²) in [6.45, 7) is 0. The fourth-order valence-corrected chi connectivity index (χ4v) is 0. The summed E-state index contributed by atoms with van der Waals surface area (Å²) in [6, 6.07) is 0. The standard InChI is InChI=1S/2CH6N4.H2O4S/c2*2-1(3)5-4;1-5(2,3)4/h2*4H2,(H4,2,3,5);(H2,1,2,3,4)/p-2. The Morgan fingerprint density at radius 2 is 0.933 bits per heavy atom. The molecule has 0 aliphatic heterocycles. The molecule has 0 aromatic heterocycles. The Morgan fingerprint density at radius 3 is 0.933 bits per heavy atom. The van der Waals surface area contributed by atoms with E-state index in [4.69, 9.17) is 40.5 Å². The van der Waals surface area contributed by atoms with Crippen LogP contribution in [0.3, 0.4) is 0 Å². The van der Waals surface area contributed by atoms with E-state index in [0.717, 1.165) is 0 Å². The molecule has 12 N–H and O–H groups in total. The highest BCUT2D eigenvalue weighted by atomic mass is 32.3. The molecule has 0 saturated heterocycles. The van der Waals surface area contributed by atoms with Gasteiger partial charge in [0.25, 0.3) is 0 Å². The third kappa shape index (κ3) is 298. The second-order valence-corrected chi connectivity index (χ2v) is 2.33. The Morgan fingerprint density at radius 1 is 0.867 bits per heavy atom. The lowest BCUT2D eigenvalue weighted by atomic mass is 11.1. The summed E-state index contributed by atoms with van der Waals surface area (Å²) >= 11 is 0. The average molecular weight is 244 g/mol. The molecule has 0 aliphatic carbocycles. The first-order chi connectivity index (χ1) is 6.54. The Hall–Kier alpha value is -1.99. The van der Waals surface area contributed by atoms with Crippen LogP contribution in [0.2, 0.25) is 0 Å². The van der Waals surface area contributed by atoms with E-state index in [0.29, 0.717) is 0 Å². The second-order valence-electron chi connectivity index (χ2n) is 1.52. The highest BCUT2D eigenvalue weighted by Crippen LogP contribution is 1.57. The van der Waals surface area contributed by atoms with Crippen LogP contribution in [-0.2, 0) is 10.4 Å². The van der Waals surface area contributed by atoms with Crippen LogP contribution in [0, 0.1) is 0 Å². The molecular weight excluding hydrogens is 232 g/mol. The lowest BCUT2D eigenvalue weighted by Crippen LogP contribution is -2.23. The quantitative estimate of drug-likeness (QED) is 0.0588. The highest BCUT2D eigenvalue weighted by molar-refractivity contribution is 7.79. The van der Waals surface area contributed by atoms with E-state index in [2.05, 4.69) is 21.9 Å². The summed E-state index contributed by atoms with van der Waals surface area (Å²) in [5.74, 6) is 8.83. The summed E-state index contributed by atoms with van der Waals surface area (Å²) in [7, 11) is -5.17. The van der Waals surface area contributed by atoms with Gasteiger partial charge in [0.1, 0.15) is 0 Å². The fraction of sp³-hybridized carbons (Fsp3) is 0. The maximum atomic E-state index is 8.52. The van der Waals surface area contributed by atoms with Crippen LogP contribution in [0.5, 0.6) is 0 Å². The topological polar surface area (TPSA) is 261 Å². The van der Waals surface area contributed by atoms with Crippen LogP contribution in [0.4, 0.5) is 0 Å². The summed E-state index contributed by atoms with van der Waals surface area (Å²) in [4.78, 5) is 0.